The minimum Gasteiger partial charge on any atom is -0.468 e. The van der Waals surface area contributed by atoms with Gasteiger partial charge in [0.15, 0.2) is 0 Å². The summed E-state index contributed by atoms with van der Waals surface area (Å²) in [5.74, 6) is 0.782. The Kier molecular flexibility index (Phi) is 5.78. The van der Waals surface area contributed by atoms with Crippen LogP contribution >= 0.6 is 11.3 Å². The maximum absolute atomic E-state index is 12.4. The average Bonchev–Trinajstić information content (AvgIpc) is 3.26. The highest BCUT2D eigenvalue weighted by Crippen LogP contribution is 2.39. The number of anilines is 1. The summed E-state index contributed by atoms with van der Waals surface area (Å²) in [4.78, 5) is 25.8. The van der Waals surface area contributed by atoms with Crippen molar-refractivity contribution in [1.82, 2.24) is 5.32 Å². The van der Waals surface area contributed by atoms with Gasteiger partial charge in [-0.1, -0.05) is 6.92 Å². The normalized spacial score (nSPS) is 17.4. The monoisotopic (exact) mass is 376 g/mol. The highest BCUT2D eigenvalue weighted by Gasteiger charge is 2.28. The number of thiophene rings is 1. The van der Waals surface area contributed by atoms with E-state index >= 15 is 0 Å². The SMILES string of the molecule is COC(=O)c1c(NC(=O)CN[C@@H](C)c2ccco2)sc2c1CC[C@@H](C)C2. The van der Waals surface area contributed by atoms with Gasteiger partial charge in [-0.15, -0.1) is 11.3 Å². The van der Waals surface area contributed by atoms with Gasteiger partial charge >= 0.3 is 5.97 Å². The van der Waals surface area contributed by atoms with Gasteiger partial charge in [-0.25, -0.2) is 4.79 Å². The minimum absolute atomic E-state index is 0.0757. The fourth-order valence-electron chi connectivity index (χ4n) is 3.21. The number of hydrogen-bond acceptors (Lipinski definition) is 6. The molecule has 2 N–H and O–H groups in total. The highest BCUT2D eigenvalue weighted by atomic mass is 32.1. The lowest BCUT2D eigenvalue weighted by Crippen LogP contribution is -2.30. The van der Waals surface area contributed by atoms with Gasteiger partial charge in [-0.2, -0.15) is 0 Å². The number of carbonyl (C=O) groups excluding carboxylic acids is 2. The molecule has 2 atom stereocenters. The van der Waals surface area contributed by atoms with Gasteiger partial charge in [0.05, 0.1) is 31.5 Å². The molecule has 1 aliphatic carbocycles. The van der Waals surface area contributed by atoms with Gasteiger partial charge in [0.2, 0.25) is 5.91 Å². The van der Waals surface area contributed by atoms with Crippen molar-refractivity contribution in [1.29, 1.82) is 0 Å². The molecule has 0 aromatic carbocycles. The number of amides is 1. The number of furan rings is 1. The van der Waals surface area contributed by atoms with E-state index in [0.29, 0.717) is 16.5 Å². The molecular formula is C19H24N2O4S. The number of hydrogen-bond donors (Lipinski definition) is 2. The third kappa shape index (κ3) is 3.99. The van der Waals surface area contributed by atoms with Crippen molar-refractivity contribution in [2.45, 2.75) is 39.2 Å². The van der Waals surface area contributed by atoms with Crippen molar-refractivity contribution in [2.75, 3.05) is 19.0 Å². The molecule has 0 fully saturated rings. The summed E-state index contributed by atoms with van der Waals surface area (Å²) in [5, 5.41) is 6.59. The van der Waals surface area contributed by atoms with Crippen LogP contribution < -0.4 is 10.6 Å². The van der Waals surface area contributed by atoms with Gasteiger partial charge in [-0.05, 0) is 49.8 Å². The molecule has 1 amide bonds. The first kappa shape index (κ1) is 18.7. The fraction of sp³-hybridized carbons (Fsp3) is 0.474. The zero-order valence-electron chi connectivity index (χ0n) is 15.3. The molecule has 2 heterocycles. The molecule has 0 spiro atoms. The first-order chi connectivity index (χ1) is 12.5. The molecule has 26 heavy (non-hydrogen) atoms. The Morgan fingerprint density at radius 1 is 1.46 bits per heavy atom. The van der Waals surface area contributed by atoms with E-state index in [-0.39, 0.29) is 24.5 Å². The van der Waals surface area contributed by atoms with Gasteiger partial charge in [-0.3, -0.25) is 10.1 Å². The molecule has 0 bridgehead atoms. The maximum Gasteiger partial charge on any atom is 0.341 e. The number of ether oxygens (including phenoxy) is 1. The zero-order chi connectivity index (χ0) is 18.7. The van der Waals surface area contributed by atoms with Crippen LogP contribution in [0.5, 0.6) is 0 Å². The van der Waals surface area contributed by atoms with Crippen molar-refractivity contribution in [3.63, 3.8) is 0 Å². The molecule has 0 unspecified atom stereocenters. The molecule has 0 radical (unpaired) electrons. The summed E-state index contributed by atoms with van der Waals surface area (Å²) < 4.78 is 10.3. The average molecular weight is 376 g/mol. The molecule has 2 aromatic rings. The molecule has 1 aliphatic rings. The minimum atomic E-state index is -0.385. The topological polar surface area (TPSA) is 80.6 Å². The van der Waals surface area contributed by atoms with Crippen molar-refractivity contribution >= 4 is 28.2 Å². The lowest BCUT2D eigenvalue weighted by Gasteiger charge is -2.18. The summed E-state index contributed by atoms with van der Waals surface area (Å²) in [6.45, 7) is 4.26. The number of esters is 1. The molecule has 3 rings (SSSR count). The van der Waals surface area contributed by atoms with Gasteiger partial charge < -0.3 is 14.5 Å². The Morgan fingerprint density at radius 3 is 2.96 bits per heavy atom. The predicted molar refractivity (Wildman–Crippen MR) is 101 cm³/mol. The zero-order valence-corrected chi connectivity index (χ0v) is 16.1. The van der Waals surface area contributed by atoms with E-state index in [1.807, 2.05) is 19.1 Å². The third-order valence-electron chi connectivity index (χ3n) is 4.69. The van der Waals surface area contributed by atoms with Crippen molar-refractivity contribution in [3.05, 3.63) is 40.2 Å². The van der Waals surface area contributed by atoms with E-state index in [9.17, 15) is 9.59 Å². The summed E-state index contributed by atoms with van der Waals surface area (Å²) in [7, 11) is 1.37. The van der Waals surface area contributed by atoms with Gasteiger partial charge in [0, 0.05) is 4.88 Å². The number of nitrogens with one attached hydrogen (secondary N) is 2. The highest BCUT2D eigenvalue weighted by molar-refractivity contribution is 7.17. The summed E-state index contributed by atoms with van der Waals surface area (Å²) in [5.41, 5.74) is 1.55. The van der Waals surface area contributed by atoms with E-state index in [1.165, 1.54) is 23.3 Å². The molecule has 0 saturated heterocycles. The first-order valence-electron chi connectivity index (χ1n) is 8.79. The molecule has 140 valence electrons. The Balaban J connectivity index is 1.70. The summed E-state index contributed by atoms with van der Waals surface area (Å²) >= 11 is 1.49. The molecule has 0 aliphatic heterocycles. The van der Waals surface area contributed by atoms with Crippen molar-refractivity contribution in [3.8, 4) is 0 Å². The van der Waals surface area contributed by atoms with Crippen LogP contribution in [0, 0.1) is 5.92 Å². The van der Waals surface area contributed by atoms with Crippen LogP contribution in [-0.4, -0.2) is 25.5 Å². The van der Waals surface area contributed by atoms with Crippen LogP contribution in [0.4, 0.5) is 5.00 Å². The maximum atomic E-state index is 12.4. The first-order valence-corrected chi connectivity index (χ1v) is 9.60. The third-order valence-corrected chi connectivity index (χ3v) is 5.86. The lowest BCUT2D eigenvalue weighted by molar-refractivity contribution is -0.115. The largest absolute Gasteiger partial charge is 0.468 e. The fourth-order valence-corrected chi connectivity index (χ4v) is 4.63. The second-order valence-electron chi connectivity index (χ2n) is 6.71. The van der Waals surface area contributed by atoms with Crippen LogP contribution in [0.15, 0.2) is 22.8 Å². The van der Waals surface area contributed by atoms with Crippen molar-refractivity contribution in [2.24, 2.45) is 5.92 Å². The smallest absolute Gasteiger partial charge is 0.341 e. The Morgan fingerprint density at radius 2 is 2.27 bits per heavy atom. The number of rotatable bonds is 6. The van der Waals surface area contributed by atoms with Crippen LogP contribution in [0.1, 0.15) is 52.9 Å². The van der Waals surface area contributed by atoms with E-state index < -0.39 is 0 Å². The van der Waals surface area contributed by atoms with Gasteiger partial charge in [0.1, 0.15) is 10.8 Å². The van der Waals surface area contributed by atoms with Gasteiger partial charge in [0.25, 0.3) is 0 Å². The standard InChI is InChI=1S/C19H24N2O4S/c1-11-6-7-13-15(9-11)26-18(17(13)19(23)24-3)21-16(22)10-20-12(2)14-5-4-8-25-14/h4-5,8,11-12,20H,6-7,9-10H2,1-3H3,(H,21,22)/t11-,12+/m1/s1. The molecule has 0 saturated carbocycles. The number of methoxy groups -OCH3 is 1. The summed E-state index contributed by atoms with van der Waals surface area (Å²) in [6, 6.07) is 3.60. The molecule has 6 nitrogen and oxygen atoms in total. The van der Waals surface area contributed by atoms with E-state index in [2.05, 4.69) is 17.6 Å². The van der Waals surface area contributed by atoms with E-state index in [0.717, 1.165) is 30.6 Å². The van der Waals surface area contributed by atoms with Crippen LogP contribution in [0.25, 0.3) is 0 Å². The lowest BCUT2D eigenvalue weighted by atomic mass is 9.88. The second kappa shape index (κ2) is 8.05. The van der Waals surface area contributed by atoms with Crippen LogP contribution in [0.2, 0.25) is 0 Å². The van der Waals surface area contributed by atoms with E-state index in [4.69, 9.17) is 9.15 Å². The second-order valence-corrected chi connectivity index (χ2v) is 7.82. The Bertz CT molecular complexity index is 782. The van der Waals surface area contributed by atoms with E-state index in [1.54, 1.807) is 6.26 Å². The Labute approximate surface area is 156 Å². The quantitative estimate of drug-likeness (QED) is 0.754. The van der Waals surface area contributed by atoms with Crippen molar-refractivity contribution < 1.29 is 18.7 Å². The molecule has 7 heteroatoms. The van der Waals surface area contributed by atoms with Crippen LogP contribution in [-0.2, 0) is 22.4 Å². The number of fused-ring (bicyclic) bond motifs is 1. The molecular weight excluding hydrogens is 352 g/mol. The molecule has 2 aromatic heterocycles. The predicted octanol–water partition coefficient (Wildman–Crippen LogP) is 3.54. The Hall–Kier alpha value is -2.12. The summed E-state index contributed by atoms with van der Waals surface area (Å²) in [6.07, 6.45) is 4.44. The number of carbonyl (C=O) groups is 2. The van der Waals surface area contributed by atoms with Crippen LogP contribution in [0.3, 0.4) is 0 Å².